The number of hydrogen-bond acceptors (Lipinski definition) is 5. The lowest BCUT2D eigenvalue weighted by Gasteiger charge is -2.06. The number of nitrogens with two attached hydrogens (primary N) is 2. The Bertz CT molecular complexity index is 583. The predicted molar refractivity (Wildman–Crippen MR) is 65.2 cm³/mol. The van der Waals surface area contributed by atoms with E-state index in [4.69, 9.17) is 11.5 Å². The molecule has 2 rings (SSSR count). The fraction of sp³-hybridized carbons (Fsp3) is 0. The van der Waals surface area contributed by atoms with E-state index in [1.165, 1.54) is 18.3 Å². The number of nitrogens with zero attached hydrogens (tertiary/aromatic N) is 2. The SMILES string of the molecule is Nc1ccc(N)c(-c2ncccc2[N+](=O)[O-])c1. The zero-order chi connectivity index (χ0) is 12.4. The Morgan fingerprint density at radius 3 is 2.71 bits per heavy atom. The molecule has 86 valence electrons. The van der Waals surface area contributed by atoms with Crippen molar-refractivity contribution in [1.29, 1.82) is 0 Å². The largest absolute Gasteiger partial charge is 0.399 e. The molecule has 1 aromatic carbocycles. The highest BCUT2D eigenvalue weighted by Gasteiger charge is 2.17. The second-order valence-corrected chi connectivity index (χ2v) is 3.47. The van der Waals surface area contributed by atoms with Crippen LogP contribution in [0.25, 0.3) is 11.3 Å². The molecule has 6 nitrogen and oxygen atoms in total. The molecule has 0 amide bonds. The number of aromatic nitrogens is 1. The Kier molecular flexibility index (Phi) is 2.61. The highest BCUT2D eigenvalue weighted by Crippen LogP contribution is 2.32. The van der Waals surface area contributed by atoms with Gasteiger partial charge in [-0.2, -0.15) is 0 Å². The lowest BCUT2D eigenvalue weighted by molar-refractivity contribution is -0.384. The molecule has 0 aliphatic heterocycles. The maximum absolute atomic E-state index is 10.9. The second kappa shape index (κ2) is 4.09. The average molecular weight is 230 g/mol. The van der Waals surface area contributed by atoms with E-state index in [9.17, 15) is 10.1 Å². The van der Waals surface area contributed by atoms with E-state index >= 15 is 0 Å². The van der Waals surface area contributed by atoms with Gasteiger partial charge in [0, 0.05) is 29.2 Å². The van der Waals surface area contributed by atoms with Crippen LogP contribution in [0, 0.1) is 10.1 Å². The van der Waals surface area contributed by atoms with Crippen molar-refractivity contribution >= 4 is 17.1 Å². The highest BCUT2D eigenvalue weighted by atomic mass is 16.6. The highest BCUT2D eigenvalue weighted by molar-refractivity contribution is 5.81. The number of benzene rings is 1. The maximum atomic E-state index is 10.9. The van der Waals surface area contributed by atoms with Gasteiger partial charge >= 0.3 is 0 Å². The van der Waals surface area contributed by atoms with Crippen molar-refractivity contribution < 1.29 is 4.92 Å². The van der Waals surface area contributed by atoms with E-state index in [0.29, 0.717) is 16.9 Å². The number of anilines is 2. The predicted octanol–water partition coefficient (Wildman–Crippen LogP) is 1.82. The topological polar surface area (TPSA) is 108 Å². The molecule has 0 spiro atoms. The van der Waals surface area contributed by atoms with Crippen molar-refractivity contribution in [3.05, 3.63) is 46.6 Å². The maximum Gasteiger partial charge on any atom is 0.295 e. The molecule has 1 aromatic heterocycles. The van der Waals surface area contributed by atoms with Gasteiger partial charge in [0.05, 0.1) is 4.92 Å². The smallest absolute Gasteiger partial charge is 0.295 e. The Morgan fingerprint density at radius 2 is 2.00 bits per heavy atom. The number of pyridine rings is 1. The first-order chi connectivity index (χ1) is 8.09. The Balaban J connectivity index is 2.68. The summed E-state index contributed by atoms with van der Waals surface area (Å²) in [6.45, 7) is 0. The molecular weight excluding hydrogens is 220 g/mol. The van der Waals surface area contributed by atoms with Crippen molar-refractivity contribution in [3.8, 4) is 11.3 Å². The lowest BCUT2D eigenvalue weighted by Crippen LogP contribution is -1.98. The molecule has 4 N–H and O–H groups in total. The minimum absolute atomic E-state index is 0.0928. The van der Waals surface area contributed by atoms with E-state index in [0.717, 1.165) is 0 Å². The Labute approximate surface area is 97.0 Å². The van der Waals surface area contributed by atoms with Gasteiger partial charge in [0.25, 0.3) is 5.69 Å². The van der Waals surface area contributed by atoms with E-state index in [2.05, 4.69) is 4.98 Å². The minimum atomic E-state index is -0.495. The van der Waals surface area contributed by atoms with Crippen molar-refractivity contribution in [1.82, 2.24) is 4.98 Å². The Morgan fingerprint density at radius 1 is 1.24 bits per heavy atom. The van der Waals surface area contributed by atoms with Crippen LogP contribution in [0.1, 0.15) is 0 Å². The first kappa shape index (κ1) is 10.9. The van der Waals surface area contributed by atoms with Crippen LogP contribution >= 0.6 is 0 Å². The molecule has 0 atom stereocenters. The van der Waals surface area contributed by atoms with Crippen LogP contribution in [-0.2, 0) is 0 Å². The molecule has 6 heteroatoms. The van der Waals surface area contributed by atoms with Gasteiger partial charge in [-0.25, -0.2) is 4.98 Å². The molecule has 1 heterocycles. The summed E-state index contributed by atoms with van der Waals surface area (Å²) in [5.74, 6) is 0. The van der Waals surface area contributed by atoms with Crippen LogP contribution in [0.5, 0.6) is 0 Å². The van der Waals surface area contributed by atoms with Crippen molar-refractivity contribution in [2.45, 2.75) is 0 Å². The summed E-state index contributed by atoms with van der Waals surface area (Å²) in [5, 5.41) is 10.9. The molecule has 0 saturated heterocycles. The molecule has 0 aliphatic rings. The molecule has 17 heavy (non-hydrogen) atoms. The van der Waals surface area contributed by atoms with E-state index in [1.807, 2.05) is 0 Å². The van der Waals surface area contributed by atoms with E-state index in [1.54, 1.807) is 18.2 Å². The summed E-state index contributed by atoms with van der Waals surface area (Å²) in [5.41, 5.74) is 12.9. The third-order valence-electron chi connectivity index (χ3n) is 2.32. The normalized spacial score (nSPS) is 10.1. The van der Waals surface area contributed by atoms with Crippen LogP contribution in [-0.4, -0.2) is 9.91 Å². The number of nitrogen functional groups attached to an aromatic ring is 2. The van der Waals surface area contributed by atoms with Gasteiger partial charge < -0.3 is 11.5 Å². The first-order valence-electron chi connectivity index (χ1n) is 4.84. The molecule has 0 radical (unpaired) electrons. The molecule has 0 aliphatic carbocycles. The van der Waals surface area contributed by atoms with Crippen LogP contribution in [0.3, 0.4) is 0 Å². The monoisotopic (exact) mass is 230 g/mol. The standard InChI is InChI=1S/C11H10N4O2/c12-7-3-4-9(13)8(6-7)11-10(15(16)17)2-1-5-14-11/h1-6H,12-13H2. The summed E-state index contributed by atoms with van der Waals surface area (Å²) < 4.78 is 0. The van der Waals surface area contributed by atoms with Crippen LogP contribution in [0.15, 0.2) is 36.5 Å². The van der Waals surface area contributed by atoms with Crippen LogP contribution < -0.4 is 11.5 Å². The second-order valence-electron chi connectivity index (χ2n) is 3.47. The number of hydrogen-bond donors (Lipinski definition) is 2. The average Bonchev–Trinajstić information content (AvgIpc) is 2.32. The van der Waals surface area contributed by atoms with Crippen LogP contribution in [0.4, 0.5) is 17.1 Å². The minimum Gasteiger partial charge on any atom is -0.399 e. The number of rotatable bonds is 2. The van der Waals surface area contributed by atoms with Gasteiger partial charge in [-0.15, -0.1) is 0 Å². The molecular formula is C11H10N4O2. The first-order valence-corrected chi connectivity index (χ1v) is 4.84. The van der Waals surface area contributed by atoms with Gasteiger partial charge in [0.2, 0.25) is 0 Å². The fourth-order valence-electron chi connectivity index (χ4n) is 1.53. The van der Waals surface area contributed by atoms with Crippen molar-refractivity contribution in [2.75, 3.05) is 11.5 Å². The zero-order valence-electron chi connectivity index (χ0n) is 8.83. The van der Waals surface area contributed by atoms with Gasteiger partial charge in [-0.3, -0.25) is 10.1 Å². The summed E-state index contributed by atoms with van der Waals surface area (Å²) in [7, 11) is 0. The zero-order valence-corrected chi connectivity index (χ0v) is 8.83. The lowest BCUT2D eigenvalue weighted by atomic mass is 10.1. The summed E-state index contributed by atoms with van der Waals surface area (Å²) >= 11 is 0. The summed E-state index contributed by atoms with van der Waals surface area (Å²) in [6.07, 6.45) is 1.48. The van der Waals surface area contributed by atoms with E-state index < -0.39 is 4.92 Å². The van der Waals surface area contributed by atoms with Gasteiger partial charge in [0.15, 0.2) is 0 Å². The number of nitro groups is 1. The Hall–Kier alpha value is -2.63. The molecule has 0 saturated carbocycles. The molecule has 2 aromatic rings. The van der Waals surface area contributed by atoms with E-state index in [-0.39, 0.29) is 11.4 Å². The van der Waals surface area contributed by atoms with Gasteiger partial charge in [0.1, 0.15) is 5.69 Å². The fourth-order valence-corrected chi connectivity index (χ4v) is 1.53. The molecule has 0 fully saturated rings. The third kappa shape index (κ3) is 2.00. The van der Waals surface area contributed by atoms with Crippen molar-refractivity contribution in [3.63, 3.8) is 0 Å². The molecule has 0 unspecified atom stereocenters. The molecule has 0 bridgehead atoms. The third-order valence-corrected chi connectivity index (χ3v) is 2.32. The summed E-state index contributed by atoms with van der Waals surface area (Å²) in [6, 6.07) is 7.69. The quantitative estimate of drug-likeness (QED) is 0.464. The van der Waals surface area contributed by atoms with Crippen molar-refractivity contribution in [2.24, 2.45) is 0 Å². The van der Waals surface area contributed by atoms with Gasteiger partial charge in [-0.05, 0) is 24.3 Å². The van der Waals surface area contributed by atoms with Crippen LogP contribution in [0.2, 0.25) is 0 Å². The summed E-state index contributed by atoms with van der Waals surface area (Å²) in [4.78, 5) is 14.4. The van der Waals surface area contributed by atoms with Gasteiger partial charge in [-0.1, -0.05) is 0 Å².